The lowest BCUT2D eigenvalue weighted by molar-refractivity contribution is -0.299. The second kappa shape index (κ2) is 14.5. The van der Waals surface area contributed by atoms with Crippen LogP contribution in [-0.2, 0) is 23.8 Å². The second-order valence-corrected chi connectivity index (χ2v) is 6.55. The van der Waals surface area contributed by atoms with Gasteiger partial charge in [-0.1, -0.05) is 23.4 Å². The minimum Gasteiger partial charge on any atom is -0.545 e. The number of rotatable bonds is 12. The molecule has 0 fully saturated rings. The van der Waals surface area contributed by atoms with Gasteiger partial charge in [0.2, 0.25) is 0 Å². The van der Waals surface area contributed by atoms with Crippen molar-refractivity contribution in [1.29, 1.82) is 0 Å². The molecule has 0 spiro atoms. The smallest absolute Gasteiger partial charge is 0.347 e. The molecule has 1 atom stereocenters. The first-order chi connectivity index (χ1) is 14.3. The van der Waals surface area contributed by atoms with Gasteiger partial charge in [-0.05, 0) is 62.6 Å². The summed E-state index contributed by atoms with van der Waals surface area (Å²) < 4.78 is 21.0. The number of esters is 1. The third-order valence-electron chi connectivity index (χ3n) is 3.76. The molecule has 0 bridgehead atoms. The van der Waals surface area contributed by atoms with E-state index in [-0.39, 0.29) is 25.2 Å². The number of aryl methyl sites for hydroxylation is 1. The van der Waals surface area contributed by atoms with Crippen molar-refractivity contribution in [3.8, 4) is 17.6 Å². The van der Waals surface area contributed by atoms with Crippen molar-refractivity contribution in [3.05, 3.63) is 40.4 Å². The van der Waals surface area contributed by atoms with E-state index in [0.29, 0.717) is 30.6 Å². The number of halogens is 1. The number of ether oxygens (including phenoxy) is 4. The number of hydrogen-bond donors (Lipinski definition) is 0. The fourth-order valence-electron chi connectivity index (χ4n) is 2.17. The third-order valence-corrected chi connectivity index (χ3v) is 4.00. The molecule has 30 heavy (non-hydrogen) atoms. The zero-order chi connectivity index (χ0) is 22.4. The number of aliphatic carboxylic acids is 1. The molecule has 1 unspecified atom stereocenters. The molecule has 0 heterocycles. The van der Waals surface area contributed by atoms with Gasteiger partial charge in [0.15, 0.2) is 12.7 Å². The van der Waals surface area contributed by atoms with Gasteiger partial charge in [0.25, 0.3) is 0 Å². The van der Waals surface area contributed by atoms with Gasteiger partial charge in [0.05, 0.1) is 25.8 Å². The lowest BCUT2D eigenvalue weighted by atomic mass is 10.2. The maximum absolute atomic E-state index is 12.0. The fraction of sp³-hybridized carbons (Fsp3) is 0.455. The Morgan fingerprint density at radius 1 is 1.23 bits per heavy atom. The Morgan fingerprint density at radius 3 is 2.63 bits per heavy atom. The van der Waals surface area contributed by atoms with Crippen LogP contribution < -0.4 is 9.84 Å². The quantitative estimate of drug-likeness (QED) is 0.214. The summed E-state index contributed by atoms with van der Waals surface area (Å²) in [5, 5.41) is 11.7. The Morgan fingerprint density at radius 2 is 1.97 bits per heavy atom. The maximum Gasteiger partial charge on any atom is 0.347 e. The summed E-state index contributed by atoms with van der Waals surface area (Å²) in [5.41, 5.74) is 0.795. The summed E-state index contributed by atoms with van der Waals surface area (Å²) in [7, 11) is 0. The van der Waals surface area contributed by atoms with E-state index in [0.717, 1.165) is 5.56 Å². The summed E-state index contributed by atoms with van der Waals surface area (Å²) in [6.07, 6.45) is 0.523. The first kappa shape index (κ1) is 25.5. The highest BCUT2D eigenvalue weighted by atomic mass is 35.5. The highest BCUT2D eigenvalue weighted by Crippen LogP contribution is 2.22. The molecule has 0 aliphatic rings. The predicted octanol–water partition coefficient (Wildman–Crippen LogP) is 2.08. The molecule has 1 rings (SSSR count). The Bertz CT molecular complexity index is 792. The molecule has 1 aromatic carbocycles. The van der Waals surface area contributed by atoms with Gasteiger partial charge in [-0.25, -0.2) is 4.79 Å². The number of carboxylic acid groups (broad SMARTS) is 1. The van der Waals surface area contributed by atoms with Crippen molar-refractivity contribution in [2.45, 2.75) is 33.3 Å². The van der Waals surface area contributed by atoms with Crippen molar-refractivity contribution >= 4 is 23.5 Å². The number of carbonyl (C=O) groups is 2. The third kappa shape index (κ3) is 10.3. The number of carboxylic acids is 1. The molecule has 0 amide bonds. The lowest BCUT2D eigenvalue weighted by Crippen LogP contribution is -2.26. The summed E-state index contributed by atoms with van der Waals surface area (Å²) >= 11 is 5.89. The molecular formula is C22H26ClO7-. The molecular weight excluding hydrogens is 412 g/mol. The zero-order valence-corrected chi connectivity index (χ0v) is 18.1. The second-order valence-electron chi connectivity index (χ2n) is 6.12. The summed E-state index contributed by atoms with van der Waals surface area (Å²) in [5.74, 6) is 3.72. The van der Waals surface area contributed by atoms with Crippen LogP contribution in [0.3, 0.4) is 0 Å². The van der Waals surface area contributed by atoms with E-state index in [1.807, 2.05) is 13.8 Å². The van der Waals surface area contributed by atoms with Gasteiger partial charge in [-0.3, -0.25) is 0 Å². The van der Waals surface area contributed by atoms with Crippen LogP contribution in [0.1, 0.15) is 25.8 Å². The maximum atomic E-state index is 12.0. The first-order valence-electron chi connectivity index (χ1n) is 9.48. The van der Waals surface area contributed by atoms with Crippen LogP contribution in [-0.4, -0.2) is 51.1 Å². The number of carbonyl (C=O) groups excluding carboxylic acids is 2. The van der Waals surface area contributed by atoms with Gasteiger partial charge in [-0.15, -0.1) is 0 Å². The molecule has 7 nitrogen and oxygen atoms in total. The van der Waals surface area contributed by atoms with E-state index in [1.54, 1.807) is 25.1 Å². The van der Waals surface area contributed by atoms with Crippen LogP contribution >= 0.6 is 11.6 Å². The molecule has 164 valence electrons. The molecule has 0 saturated carbocycles. The first-order valence-corrected chi connectivity index (χ1v) is 9.86. The Kier molecular flexibility index (Phi) is 12.3. The molecule has 0 aliphatic heterocycles. The average molecular weight is 438 g/mol. The van der Waals surface area contributed by atoms with Gasteiger partial charge in [-0.2, -0.15) is 0 Å². The van der Waals surface area contributed by atoms with Crippen molar-refractivity contribution in [2.24, 2.45) is 0 Å². The van der Waals surface area contributed by atoms with Crippen LogP contribution in [0, 0.1) is 18.8 Å². The van der Waals surface area contributed by atoms with E-state index < -0.39 is 18.0 Å². The normalized spacial score (nSPS) is 11.9. The highest BCUT2D eigenvalue weighted by Gasteiger charge is 2.16. The SMILES string of the molecule is CCOCCOCC/C(=C\C#CCOC(=O)C(C)Oc1ccc(Cl)cc1C)C(=O)[O-]. The standard InChI is InChI=1S/C22H27ClO7/c1-4-27-13-14-28-12-10-18(21(24)25)7-5-6-11-29-22(26)17(3)30-20-9-8-19(23)15-16(20)2/h7-9,15,17H,4,10-14H2,1-3H3,(H,24,25)/p-1/b18-7+. The Hall–Kier alpha value is -2.53. The fourth-order valence-corrected chi connectivity index (χ4v) is 2.39. The van der Waals surface area contributed by atoms with Gasteiger partial charge < -0.3 is 28.8 Å². The molecule has 0 aromatic heterocycles. The van der Waals surface area contributed by atoms with Crippen molar-refractivity contribution in [2.75, 3.05) is 33.0 Å². The van der Waals surface area contributed by atoms with Crippen LogP contribution in [0.2, 0.25) is 5.02 Å². The van der Waals surface area contributed by atoms with Crippen molar-refractivity contribution in [1.82, 2.24) is 0 Å². The molecule has 0 saturated heterocycles. The van der Waals surface area contributed by atoms with Gasteiger partial charge >= 0.3 is 5.97 Å². The van der Waals surface area contributed by atoms with Crippen LogP contribution in [0.15, 0.2) is 29.8 Å². The van der Waals surface area contributed by atoms with Gasteiger partial charge in [0, 0.05) is 11.6 Å². The largest absolute Gasteiger partial charge is 0.545 e. The van der Waals surface area contributed by atoms with E-state index in [9.17, 15) is 14.7 Å². The zero-order valence-electron chi connectivity index (χ0n) is 17.4. The number of hydrogen-bond acceptors (Lipinski definition) is 7. The molecule has 0 aliphatic carbocycles. The van der Waals surface area contributed by atoms with E-state index in [4.69, 9.17) is 30.5 Å². The predicted molar refractivity (Wildman–Crippen MR) is 110 cm³/mol. The molecule has 1 aromatic rings. The van der Waals surface area contributed by atoms with Crippen LogP contribution in [0.5, 0.6) is 5.75 Å². The number of benzene rings is 1. The summed E-state index contributed by atoms with van der Waals surface area (Å²) in [6, 6.07) is 5.07. The molecule has 0 radical (unpaired) electrons. The van der Waals surface area contributed by atoms with Gasteiger partial charge in [0.1, 0.15) is 5.75 Å². The average Bonchev–Trinajstić information content (AvgIpc) is 2.70. The Labute approximate surface area is 181 Å². The minimum atomic E-state index is -1.32. The monoisotopic (exact) mass is 437 g/mol. The van der Waals surface area contributed by atoms with E-state index in [2.05, 4.69) is 11.8 Å². The highest BCUT2D eigenvalue weighted by molar-refractivity contribution is 6.30. The van der Waals surface area contributed by atoms with Crippen LogP contribution in [0.25, 0.3) is 0 Å². The minimum absolute atomic E-state index is 0.000140. The summed E-state index contributed by atoms with van der Waals surface area (Å²) in [4.78, 5) is 23.1. The van der Waals surface area contributed by atoms with E-state index >= 15 is 0 Å². The van der Waals surface area contributed by atoms with Crippen molar-refractivity contribution < 1.29 is 33.6 Å². The molecule has 8 heteroatoms. The molecule has 0 N–H and O–H groups in total. The Balaban J connectivity index is 2.43. The summed E-state index contributed by atoms with van der Waals surface area (Å²) in [6.45, 7) is 6.69. The van der Waals surface area contributed by atoms with Crippen molar-refractivity contribution in [3.63, 3.8) is 0 Å². The topological polar surface area (TPSA) is 94.1 Å². The lowest BCUT2D eigenvalue weighted by Gasteiger charge is -2.14. The van der Waals surface area contributed by atoms with E-state index in [1.165, 1.54) is 6.08 Å². The van der Waals surface area contributed by atoms with Crippen LogP contribution in [0.4, 0.5) is 0 Å². The number of allylic oxidation sites excluding steroid dienone is 1.